The molecule has 1 aromatic carbocycles. The van der Waals surface area contributed by atoms with E-state index < -0.39 is 0 Å². The minimum atomic E-state index is 0.720. The Labute approximate surface area is 60.4 Å². The van der Waals surface area contributed by atoms with Crippen LogP contribution in [0.25, 0.3) is 0 Å². The van der Waals surface area contributed by atoms with Crippen LogP contribution in [-0.2, 0) is 6.42 Å². The first kappa shape index (κ1) is 6.93. The van der Waals surface area contributed by atoms with E-state index in [1.54, 1.807) is 0 Å². The zero-order valence-electron chi connectivity index (χ0n) is 5.96. The molecule has 0 radical (unpaired) electrons. The molecule has 2 nitrogen and oxygen atoms in total. The highest BCUT2D eigenvalue weighted by molar-refractivity contribution is 5.37. The van der Waals surface area contributed by atoms with Crippen molar-refractivity contribution in [3.05, 3.63) is 29.8 Å². The zero-order valence-corrected chi connectivity index (χ0v) is 5.96. The van der Waals surface area contributed by atoms with Gasteiger partial charge in [0.2, 0.25) is 0 Å². The molecule has 0 aromatic heterocycles. The molecule has 2 heteroatoms. The summed E-state index contributed by atoms with van der Waals surface area (Å²) >= 11 is 0. The summed E-state index contributed by atoms with van der Waals surface area (Å²) in [6.07, 6.45) is 1.04. The third-order valence-electron chi connectivity index (χ3n) is 1.47. The number of nitrogens with zero attached hydrogens (tertiary/aromatic N) is 1. The lowest BCUT2D eigenvalue weighted by molar-refractivity contribution is 1.12. The Morgan fingerprint density at radius 1 is 1.30 bits per heavy atom. The number of rotatable bonds is 2. The molecule has 52 valence electrons. The second-order valence-electron chi connectivity index (χ2n) is 2.13. The largest absolute Gasteiger partial charge is 0.204 e. The highest BCUT2D eigenvalue weighted by Gasteiger charge is 1.88. The van der Waals surface area contributed by atoms with Crippen LogP contribution in [0.3, 0.4) is 0 Å². The van der Waals surface area contributed by atoms with Crippen molar-refractivity contribution in [3.8, 4) is 0 Å². The van der Waals surface area contributed by atoms with Crippen molar-refractivity contribution in [1.82, 2.24) is 0 Å². The van der Waals surface area contributed by atoms with Gasteiger partial charge >= 0.3 is 0 Å². The molecule has 0 atom stereocenters. The average Bonchev–Trinajstić information content (AvgIpc) is 2.05. The van der Waals surface area contributed by atoms with Crippen LogP contribution in [0.15, 0.2) is 29.4 Å². The predicted octanol–water partition coefficient (Wildman–Crippen LogP) is 2.91. The van der Waals surface area contributed by atoms with Crippen molar-refractivity contribution in [2.75, 3.05) is 0 Å². The van der Waals surface area contributed by atoms with Crippen molar-refractivity contribution in [1.29, 1.82) is 5.53 Å². The molecular formula is C8H10N2. The fraction of sp³-hybridized carbons (Fsp3) is 0.250. The molecule has 1 rings (SSSR count). The summed E-state index contributed by atoms with van der Waals surface area (Å²) in [4.78, 5) is 0. The maximum Gasteiger partial charge on any atom is 0.0850 e. The van der Waals surface area contributed by atoms with Gasteiger partial charge in [-0.2, -0.15) is 5.11 Å². The van der Waals surface area contributed by atoms with Crippen LogP contribution in [0.4, 0.5) is 5.69 Å². The van der Waals surface area contributed by atoms with Gasteiger partial charge in [0.1, 0.15) is 0 Å². The van der Waals surface area contributed by atoms with Gasteiger partial charge < -0.3 is 0 Å². The van der Waals surface area contributed by atoms with Crippen LogP contribution in [0.1, 0.15) is 12.5 Å². The standard InChI is InChI=1S/C8H10N2/c1-2-7-3-5-8(10-9)6-4-7/h3-6,9H,2H2,1H3. The van der Waals surface area contributed by atoms with Gasteiger partial charge in [-0.05, 0) is 24.1 Å². The van der Waals surface area contributed by atoms with Crippen molar-refractivity contribution < 1.29 is 0 Å². The molecule has 0 saturated heterocycles. The molecule has 0 aliphatic carbocycles. The molecule has 0 aliphatic heterocycles. The summed E-state index contributed by atoms with van der Waals surface area (Å²) in [5, 5.41) is 3.30. The van der Waals surface area contributed by atoms with Gasteiger partial charge in [-0.15, -0.1) is 0 Å². The van der Waals surface area contributed by atoms with E-state index in [9.17, 15) is 0 Å². The maximum absolute atomic E-state index is 6.70. The summed E-state index contributed by atoms with van der Waals surface area (Å²) in [6.45, 7) is 2.10. The molecule has 0 heterocycles. The normalized spacial score (nSPS) is 9.30. The number of hydrogen-bond acceptors (Lipinski definition) is 2. The third-order valence-corrected chi connectivity index (χ3v) is 1.47. The van der Waals surface area contributed by atoms with E-state index in [1.165, 1.54) is 5.56 Å². The molecule has 0 spiro atoms. The fourth-order valence-electron chi connectivity index (χ4n) is 0.806. The van der Waals surface area contributed by atoms with E-state index in [1.807, 2.05) is 24.3 Å². The molecule has 1 aromatic rings. The molecule has 1 N–H and O–H groups in total. The van der Waals surface area contributed by atoms with Gasteiger partial charge in [0.05, 0.1) is 5.69 Å². The number of nitrogens with one attached hydrogen (secondary N) is 1. The predicted molar refractivity (Wildman–Crippen MR) is 40.6 cm³/mol. The summed E-state index contributed by atoms with van der Waals surface area (Å²) in [6, 6.07) is 7.69. The summed E-state index contributed by atoms with van der Waals surface area (Å²) in [5.41, 5.74) is 8.70. The van der Waals surface area contributed by atoms with E-state index >= 15 is 0 Å². The average molecular weight is 134 g/mol. The Balaban J connectivity index is 2.90. The SMILES string of the molecule is CCc1ccc(N=N)cc1. The van der Waals surface area contributed by atoms with Gasteiger partial charge in [-0.3, -0.25) is 0 Å². The van der Waals surface area contributed by atoms with Gasteiger partial charge in [0.25, 0.3) is 0 Å². The summed E-state index contributed by atoms with van der Waals surface area (Å²) in [5.74, 6) is 0. The second kappa shape index (κ2) is 3.11. The Morgan fingerprint density at radius 3 is 2.30 bits per heavy atom. The van der Waals surface area contributed by atoms with Gasteiger partial charge in [-0.1, -0.05) is 19.1 Å². The van der Waals surface area contributed by atoms with Gasteiger partial charge in [-0.25, -0.2) is 5.53 Å². The van der Waals surface area contributed by atoms with Gasteiger partial charge in [0, 0.05) is 0 Å². The summed E-state index contributed by atoms with van der Waals surface area (Å²) < 4.78 is 0. The van der Waals surface area contributed by atoms with Crippen molar-refractivity contribution in [3.63, 3.8) is 0 Å². The van der Waals surface area contributed by atoms with Gasteiger partial charge in [0.15, 0.2) is 0 Å². The molecule has 0 unspecified atom stereocenters. The van der Waals surface area contributed by atoms with E-state index in [0.717, 1.165) is 12.1 Å². The quantitative estimate of drug-likeness (QED) is 0.604. The first-order chi connectivity index (χ1) is 4.86. The molecule has 0 saturated carbocycles. The van der Waals surface area contributed by atoms with Crippen molar-refractivity contribution in [2.45, 2.75) is 13.3 Å². The highest BCUT2D eigenvalue weighted by atomic mass is 14.9. The Bertz CT molecular complexity index is 213. The van der Waals surface area contributed by atoms with Crippen LogP contribution < -0.4 is 0 Å². The maximum atomic E-state index is 6.70. The lowest BCUT2D eigenvalue weighted by Crippen LogP contribution is -1.75. The monoisotopic (exact) mass is 134 g/mol. The number of benzene rings is 1. The third kappa shape index (κ3) is 1.41. The second-order valence-corrected chi connectivity index (χ2v) is 2.13. The van der Waals surface area contributed by atoms with Crippen LogP contribution in [0.2, 0.25) is 0 Å². The molecular weight excluding hydrogens is 124 g/mol. The zero-order chi connectivity index (χ0) is 7.40. The Morgan fingerprint density at radius 2 is 1.90 bits per heavy atom. The first-order valence-electron chi connectivity index (χ1n) is 3.33. The van der Waals surface area contributed by atoms with Crippen LogP contribution in [0.5, 0.6) is 0 Å². The highest BCUT2D eigenvalue weighted by Crippen LogP contribution is 2.11. The van der Waals surface area contributed by atoms with Crippen molar-refractivity contribution >= 4 is 5.69 Å². The molecule has 0 bridgehead atoms. The Hall–Kier alpha value is -1.18. The molecule has 0 fully saturated rings. The Kier molecular flexibility index (Phi) is 2.15. The molecule has 0 aliphatic rings. The fourth-order valence-corrected chi connectivity index (χ4v) is 0.806. The minimum absolute atomic E-state index is 0.720. The van der Waals surface area contributed by atoms with E-state index in [0.29, 0.717) is 0 Å². The van der Waals surface area contributed by atoms with Crippen LogP contribution >= 0.6 is 0 Å². The van der Waals surface area contributed by atoms with Crippen LogP contribution in [0, 0.1) is 5.53 Å². The topological polar surface area (TPSA) is 36.2 Å². The lowest BCUT2D eigenvalue weighted by atomic mass is 10.2. The van der Waals surface area contributed by atoms with E-state index in [2.05, 4.69) is 12.0 Å². The van der Waals surface area contributed by atoms with E-state index in [-0.39, 0.29) is 0 Å². The molecule has 10 heavy (non-hydrogen) atoms. The van der Waals surface area contributed by atoms with Crippen molar-refractivity contribution in [2.24, 2.45) is 5.11 Å². The first-order valence-corrected chi connectivity index (χ1v) is 3.33. The molecule has 0 amide bonds. The summed E-state index contributed by atoms with van der Waals surface area (Å²) in [7, 11) is 0. The van der Waals surface area contributed by atoms with E-state index in [4.69, 9.17) is 5.53 Å². The number of aryl methyl sites for hydroxylation is 1. The van der Waals surface area contributed by atoms with Crippen LogP contribution in [-0.4, -0.2) is 0 Å². The lowest BCUT2D eigenvalue weighted by Gasteiger charge is -1.94. The smallest absolute Gasteiger partial charge is 0.0850 e. The minimum Gasteiger partial charge on any atom is -0.204 e. The number of hydrogen-bond donors (Lipinski definition) is 1.